The first-order chi connectivity index (χ1) is 10.3. The Kier molecular flexibility index (Phi) is 7.18. The van der Waals surface area contributed by atoms with Gasteiger partial charge in [0, 0.05) is 11.0 Å². The van der Waals surface area contributed by atoms with Gasteiger partial charge in [-0.15, -0.1) is 11.8 Å². The van der Waals surface area contributed by atoms with Crippen LogP contribution in [0, 0.1) is 0 Å². The van der Waals surface area contributed by atoms with Crippen LogP contribution in [0.15, 0.2) is 35.2 Å². The predicted octanol–water partition coefficient (Wildman–Crippen LogP) is 3.70. The third-order valence-electron chi connectivity index (χ3n) is 2.36. The maximum atomic E-state index is 11.6. The molecule has 0 aliphatic heterocycles. The van der Waals surface area contributed by atoms with Crippen molar-refractivity contribution in [2.24, 2.45) is 0 Å². The molecule has 4 nitrogen and oxygen atoms in total. The fourth-order valence-corrected chi connectivity index (χ4v) is 2.22. The molecule has 0 bridgehead atoms. The van der Waals surface area contributed by atoms with Crippen molar-refractivity contribution in [3.05, 3.63) is 35.9 Å². The van der Waals surface area contributed by atoms with Gasteiger partial charge >= 0.3 is 11.9 Å². The zero-order valence-corrected chi connectivity index (χ0v) is 14.2. The molecule has 0 heterocycles. The summed E-state index contributed by atoms with van der Waals surface area (Å²) in [6.45, 7) is 7.67. The number of hydrogen-bond donors (Lipinski definition) is 0. The summed E-state index contributed by atoms with van der Waals surface area (Å²) in [5, 5.41) is 0. The second-order valence-corrected chi connectivity index (χ2v) is 6.58. The SMILES string of the molecule is CCOC(=O)/C=C/c1ccc(SCC(=O)OC(C)(C)C)cc1. The zero-order chi connectivity index (χ0) is 16.6. The summed E-state index contributed by atoms with van der Waals surface area (Å²) in [6, 6.07) is 7.57. The van der Waals surface area contributed by atoms with E-state index in [1.165, 1.54) is 17.8 Å². The monoisotopic (exact) mass is 322 g/mol. The Morgan fingerprint density at radius 1 is 1.18 bits per heavy atom. The molecular weight excluding hydrogens is 300 g/mol. The molecule has 0 unspecified atom stereocenters. The topological polar surface area (TPSA) is 52.6 Å². The minimum absolute atomic E-state index is 0.233. The highest BCUT2D eigenvalue weighted by atomic mass is 32.2. The Labute approximate surface area is 135 Å². The van der Waals surface area contributed by atoms with Crippen LogP contribution < -0.4 is 0 Å². The predicted molar refractivity (Wildman–Crippen MR) is 88.7 cm³/mol. The van der Waals surface area contributed by atoms with Gasteiger partial charge in [0.1, 0.15) is 5.60 Å². The quantitative estimate of drug-likeness (QED) is 0.454. The van der Waals surface area contributed by atoms with Crippen molar-refractivity contribution in [2.45, 2.75) is 38.2 Å². The van der Waals surface area contributed by atoms with Gasteiger partial charge in [-0.2, -0.15) is 0 Å². The number of carbonyl (C=O) groups is 2. The lowest BCUT2D eigenvalue weighted by molar-refractivity contribution is -0.151. The molecule has 0 atom stereocenters. The van der Waals surface area contributed by atoms with Crippen molar-refractivity contribution in [1.82, 2.24) is 0 Å². The second-order valence-electron chi connectivity index (χ2n) is 5.53. The van der Waals surface area contributed by atoms with E-state index in [1.54, 1.807) is 13.0 Å². The summed E-state index contributed by atoms with van der Waals surface area (Å²) in [7, 11) is 0. The number of benzene rings is 1. The van der Waals surface area contributed by atoms with E-state index in [0.717, 1.165) is 10.5 Å². The van der Waals surface area contributed by atoms with Crippen LogP contribution in [-0.2, 0) is 19.1 Å². The van der Waals surface area contributed by atoms with E-state index in [2.05, 4.69) is 0 Å². The average molecular weight is 322 g/mol. The van der Waals surface area contributed by atoms with Crippen molar-refractivity contribution in [3.8, 4) is 0 Å². The Morgan fingerprint density at radius 2 is 1.82 bits per heavy atom. The highest BCUT2D eigenvalue weighted by Gasteiger charge is 2.16. The summed E-state index contributed by atoms with van der Waals surface area (Å²) in [5.41, 5.74) is 0.439. The number of rotatable bonds is 6. The number of thioether (sulfide) groups is 1. The van der Waals surface area contributed by atoms with E-state index >= 15 is 0 Å². The standard InChI is InChI=1S/C17H22O4S/c1-5-20-15(18)11-8-13-6-9-14(10-7-13)22-12-16(19)21-17(2,3)4/h6-11H,5,12H2,1-4H3/b11-8+. The number of ether oxygens (including phenoxy) is 2. The highest BCUT2D eigenvalue weighted by molar-refractivity contribution is 8.00. The van der Waals surface area contributed by atoms with Crippen LogP contribution in [0.2, 0.25) is 0 Å². The van der Waals surface area contributed by atoms with Crippen molar-refractivity contribution in [1.29, 1.82) is 0 Å². The Morgan fingerprint density at radius 3 is 2.36 bits per heavy atom. The minimum atomic E-state index is -0.459. The van der Waals surface area contributed by atoms with Gasteiger partial charge < -0.3 is 9.47 Å². The number of carbonyl (C=O) groups excluding carboxylic acids is 2. The van der Waals surface area contributed by atoms with E-state index < -0.39 is 5.60 Å². The van der Waals surface area contributed by atoms with Crippen LogP contribution in [-0.4, -0.2) is 29.9 Å². The fraction of sp³-hybridized carbons (Fsp3) is 0.412. The molecule has 0 fully saturated rings. The van der Waals surface area contributed by atoms with E-state index in [1.807, 2.05) is 45.0 Å². The molecule has 0 amide bonds. The second kappa shape index (κ2) is 8.63. The van der Waals surface area contributed by atoms with Crippen molar-refractivity contribution < 1.29 is 19.1 Å². The van der Waals surface area contributed by atoms with E-state index in [0.29, 0.717) is 6.61 Å². The summed E-state index contributed by atoms with van der Waals surface area (Å²) >= 11 is 1.42. The molecule has 0 saturated heterocycles. The molecule has 1 aromatic rings. The molecule has 0 saturated carbocycles. The van der Waals surface area contributed by atoms with Crippen molar-refractivity contribution in [2.75, 3.05) is 12.4 Å². The third-order valence-corrected chi connectivity index (χ3v) is 3.34. The average Bonchev–Trinajstić information content (AvgIpc) is 2.42. The minimum Gasteiger partial charge on any atom is -0.463 e. The summed E-state index contributed by atoms with van der Waals surface area (Å²) in [5.74, 6) is -0.315. The lowest BCUT2D eigenvalue weighted by Gasteiger charge is -2.19. The van der Waals surface area contributed by atoms with Gasteiger partial charge in [-0.05, 0) is 51.5 Å². The van der Waals surface area contributed by atoms with Gasteiger partial charge in [0.2, 0.25) is 0 Å². The van der Waals surface area contributed by atoms with Gasteiger partial charge in [0.15, 0.2) is 0 Å². The van der Waals surface area contributed by atoms with Gasteiger partial charge in [-0.3, -0.25) is 4.79 Å². The largest absolute Gasteiger partial charge is 0.463 e. The molecule has 0 aliphatic rings. The molecular formula is C17H22O4S. The Balaban J connectivity index is 2.48. The first-order valence-electron chi connectivity index (χ1n) is 7.09. The smallest absolute Gasteiger partial charge is 0.330 e. The van der Waals surface area contributed by atoms with E-state index in [-0.39, 0.29) is 17.7 Å². The van der Waals surface area contributed by atoms with Crippen molar-refractivity contribution in [3.63, 3.8) is 0 Å². The van der Waals surface area contributed by atoms with Crippen LogP contribution in [0.25, 0.3) is 6.08 Å². The molecule has 120 valence electrons. The van der Waals surface area contributed by atoms with E-state index in [9.17, 15) is 9.59 Å². The molecule has 0 N–H and O–H groups in total. The fourth-order valence-electron chi connectivity index (χ4n) is 1.54. The molecule has 0 radical (unpaired) electrons. The van der Waals surface area contributed by atoms with Gasteiger partial charge in [0.25, 0.3) is 0 Å². The van der Waals surface area contributed by atoms with E-state index in [4.69, 9.17) is 9.47 Å². The third kappa shape index (κ3) is 7.88. The highest BCUT2D eigenvalue weighted by Crippen LogP contribution is 2.20. The molecule has 1 rings (SSSR count). The molecule has 0 aromatic heterocycles. The lowest BCUT2D eigenvalue weighted by atomic mass is 10.2. The van der Waals surface area contributed by atoms with Crippen LogP contribution in [0.5, 0.6) is 0 Å². The molecule has 22 heavy (non-hydrogen) atoms. The van der Waals surface area contributed by atoms with Gasteiger partial charge in [-0.25, -0.2) is 4.79 Å². The van der Waals surface area contributed by atoms with Crippen LogP contribution in [0.3, 0.4) is 0 Å². The number of esters is 2. The normalized spacial score (nSPS) is 11.5. The maximum absolute atomic E-state index is 11.6. The zero-order valence-electron chi connectivity index (χ0n) is 13.4. The van der Waals surface area contributed by atoms with Gasteiger partial charge in [0.05, 0.1) is 12.4 Å². The Bertz CT molecular complexity index is 527. The summed E-state index contributed by atoms with van der Waals surface area (Å²) in [4.78, 5) is 23.8. The van der Waals surface area contributed by atoms with Gasteiger partial charge in [-0.1, -0.05) is 12.1 Å². The first-order valence-corrected chi connectivity index (χ1v) is 8.08. The molecule has 1 aromatic carbocycles. The Hall–Kier alpha value is -1.75. The molecule has 5 heteroatoms. The lowest BCUT2D eigenvalue weighted by Crippen LogP contribution is -2.24. The van der Waals surface area contributed by atoms with Crippen molar-refractivity contribution >= 4 is 29.8 Å². The van der Waals surface area contributed by atoms with Crippen LogP contribution >= 0.6 is 11.8 Å². The number of hydrogen-bond acceptors (Lipinski definition) is 5. The summed E-state index contributed by atoms with van der Waals surface area (Å²) in [6.07, 6.45) is 3.09. The first kappa shape index (κ1) is 18.3. The van der Waals surface area contributed by atoms with Crippen LogP contribution in [0.4, 0.5) is 0 Å². The molecule has 0 aliphatic carbocycles. The summed E-state index contributed by atoms with van der Waals surface area (Å²) < 4.78 is 10.1. The van der Waals surface area contributed by atoms with Crippen LogP contribution in [0.1, 0.15) is 33.3 Å². The molecule has 0 spiro atoms. The maximum Gasteiger partial charge on any atom is 0.330 e.